The standard InChI is InChI=1S/C11H16BrNO/c1-2-13(7-4-8-14)11-6-3-5-10(12)9-11/h3,5-6,9,14H,2,4,7-8H2,1H3. The molecule has 0 bridgehead atoms. The van der Waals surface area contributed by atoms with Gasteiger partial charge in [-0.2, -0.15) is 0 Å². The SMILES string of the molecule is CCN(CCCO)c1cccc(Br)c1. The smallest absolute Gasteiger partial charge is 0.0447 e. The lowest BCUT2D eigenvalue weighted by atomic mass is 10.2. The highest BCUT2D eigenvalue weighted by molar-refractivity contribution is 9.10. The Balaban J connectivity index is 2.68. The molecule has 0 atom stereocenters. The Morgan fingerprint density at radius 2 is 2.21 bits per heavy atom. The first kappa shape index (κ1) is 11.5. The highest BCUT2D eigenvalue weighted by atomic mass is 79.9. The van der Waals surface area contributed by atoms with E-state index >= 15 is 0 Å². The van der Waals surface area contributed by atoms with Gasteiger partial charge in [-0.15, -0.1) is 0 Å². The zero-order chi connectivity index (χ0) is 10.4. The van der Waals surface area contributed by atoms with Gasteiger partial charge in [0.25, 0.3) is 0 Å². The Labute approximate surface area is 93.7 Å². The molecule has 14 heavy (non-hydrogen) atoms. The van der Waals surface area contributed by atoms with E-state index in [4.69, 9.17) is 5.11 Å². The average Bonchev–Trinajstić information content (AvgIpc) is 2.19. The topological polar surface area (TPSA) is 23.5 Å². The maximum atomic E-state index is 8.78. The molecule has 1 aromatic carbocycles. The maximum absolute atomic E-state index is 8.78. The van der Waals surface area contributed by atoms with Gasteiger partial charge in [-0.25, -0.2) is 0 Å². The molecule has 0 heterocycles. The van der Waals surface area contributed by atoms with Crippen molar-refractivity contribution in [1.29, 1.82) is 0 Å². The summed E-state index contributed by atoms with van der Waals surface area (Å²) < 4.78 is 1.09. The van der Waals surface area contributed by atoms with Gasteiger partial charge in [-0.3, -0.25) is 0 Å². The zero-order valence-corrected chi connectivity index (χ0v) is 10.00. The quantitative estimate of drug-likeness (QED) is 0.877. The Hall–Kier alpha value is -0.540. The Morgan fingerprint density at radius 1 is 1.43 bits per heavy atom. The van der Waals surface area contributed by atoms with Crippen LogP contribution in [0.3, 0.4) is 0 Å². The fourth-order valence-corrected chi connectivity index (χ4v) is 1.79. The molecular weight excluding hydrogens is 242 g/mol. The van der Waals surface area contributed by atoms with Gasteiger partial charge in [-0.1, -0.05) is 22.0 Å². The number of halogens is 1. The molecule has 0 aliphatic heterocycles. The third kappa shape index (κ3) is 3.31. The molecule has 0 aliphatic rings. The number of anilines is 1. The summed E-state index contributed by atoms with van der Waals surface area (Å²) in [4.78, 5) is 2.25. The molecule has 1 N–H and O–H groups in total. The van der Waals surface area contributed by atoms with Gasteiger partial charge in [0.15, 0.2) is 0 Å². The first-order valence-electron chi connectivity index (χ1n) is 4.89. The number of aliphatic hydroxyl groups is 1. The van der Waals surface area contributed by atoms with Crippen LogP contribution in [0.25, 0.3) is 0 Å². The largest absolute Gasteiger partial charge is 0.396 e. The van der Waals surface area contributed by atoms with E-state index < -0.39 is 0 Å². The van der Waals surface area contributed by atoms with Crippen LogP contribution in [-0.4, -0.2) is 24.8 Å². The molecule has 0 amide bonds. The Bertz CT molecular complexity index is 278. The van der Waals surface area contributed by atoms with E-state index in [1.807, 2.05) is 12.1 Å². The Kier molecular flexibility index (Phi) is 4.98. The molecule has 0 aliphatic carbocycles. The summed E-state index contributed by atoms with van der Waals surface area (Å²) in [5, 5.41) is 8.78. The van der Waals surface area contributed by atoms with E-state index in [2.05, 4.69) is 39.9 Å². The summed E-state index contributed by atoms with van der Waals surface area (Å²) in [6.45, 7) is 4.25. The summed E-state index contributed by atoms with van der Waals surface area (Å²) in [5.74, 6) is 0. The van der Waals surface area contributed by atoms with Crippen molar-refractivity contribution in [2.75, 3.05) is 24.6 Å². The molecule has 1 rings (SSSR count). The number of nitrogens with zero attached hydrogens (tertiary/aromatic N) is 1. The number of rotatable bonds is 5. The third-order valence-corrected chi connectivity index (χ3v) is 2.63. The zero-order valence-electron chi connectivity index (χ0n) is 8.41. The molecule has 0 aromatic heterocycles. The van der Waals surface area contributed by atoms with E-state index in [-0.39, 0.29) is 6.61 Å². The van der Waals surface area contributed by atoms with Gasteiger partial charge in [0, 0.05) is 29.9 Å². The van der Waals surface area contributed by atoms with Gasteiger partial charge in [0.2, 0.25) is 0 Å². The second-order valence-electron chi connectivity index (χ2n) is 3.14. The summed E-state index contributed by atoms with van der Waals surface area (Å²) in [5.41, 5.74) is 1.20. The van der Waals surface area contributed by atoms with Crippen LogP contribution in [0, 0.1) is 0 Å². The number of benzene rings is 1. The monoisotopic (exact) mass is 257 g/mol. The molecule has 0 fully saturated rings. The minimum atomic E-state index is 0.254. The predicted molar refractivity (Wildman–Crippen MR) is 63.7 cm³/mol. The minimum absolute atomic E-state index is 0.254. The fourth-order valence-electron chi connectivity index (χ4n) is 1.40. The van der Waals surface area contributed by atoms with Crippen molar-refractivity contribution in [3.05, 3.63) is 28.7 Å². The van der Waals surface area contributed by atoms with E-state index in [0.29, 0.717) is 0 Å². The normalized spacial score (nSPS) is 10.2. The highest BCUT2D eigenvalue weighted by Crippen LogP contribution is 2.19. The van der Waals surface area contributed by atoms with Crippen LogP contribution in [0.5, 0.6) is 0 Å². The number of hydrogen-bond acceptors (Lipinski definition) is 2. The molecule has 78 valence electrons. The molecule has 0 unspecified atom stereocenters. The van der Waals surface area contributed by atoms with Crippen LogP contribution in [0.4, 0.5) is 5.69 Å². The van der Waals surface area contributed by atoms with Crippen LogP contribution >= 0.6 is 15.9 Å². The average molecular weight is 258 g/mol. The molecule has 0 spiro atoms. The molecule has 0 saturated heterocycles. The van der Waals surface area contributed by atoms with E-state index in [0.717, 1.165) is 24.0 Å². The number of aliphatic hydroxyl groups excluding tert-OH is 1. The van der Waals surface area contributed by atoms with Crippen molar-refractivity contribution >= 4 is 21.6 Å². The maximum Gasteiger partial charge on any atom is 0.0447 e. The van der Waals surface area contributed by atoms with Crippen molar-refractivity contribution in [2.45, 2.75) is 13.3 Å². The van der Waals surface area contributed by atoms with Crippen molar-refractivity contribution in [2.24, 2.45) is 0 Å². The molecular formula is C11H16BrNO. The van der Waals surface area contributed by atoms with Crippen molar-refractivity contribution in [1.82, 2.24) is 0 Å². The van der Waals surface area contributed by atoms with Gasteiger partial charge in [0.1, 0.15) is 0 Å². The van der Waals surface area contributed by atoms with Crippen molar-refractivity contribution in [3.63, 3.8) is 0 Å². The third-order valence-electron chi connectivity index (χ3n) is 2.14. The highest BCUT2D eigenvalue weighted by Gasteiger charge is 2.03. The van der Waals surface area contributed by atoms with Gasteiger partial charge >= 0.3 is 0 Å². The molecule has 0 saturated carbocycles. The fraction of sp³-hybridized carbons (Fsp3) is 0.455. The van der Waals surface area contributed by atoms with Gasteiger partial charge in [0.05, 0.1) is 0 Å². The minimum Gasteiger partial charge on any atom is -0.396 e. The first-order chi connectivity index (χ1) is 6.77. The Morgan fingerprint density at radius 3 is 2.79 bits per heavy atom. The van der Waals surface area contributed by atoms with Crippen LogP contribution in [0.2, 0.25) is 0 Å². The van der Waals surface area contributed by atoms with Crippen LogP contribution < -0.4 is 4.90 Å². The second kappa shape index (κ2) is 6.04. The summed E-state index contributed by atoms with van der Waals surface area (Å²) in [7, 11) is 0. The van der Waals surface area contributed by atoms with Crippen LogP contribution in [0.15, 0.2) is 28.7 Å². The molecule has 3 heteroatoms. The van der Waals surface area contributed by atoms with E-state index in [9.17, 15) is 0 Å². The lowest BCUT2D eigenvalue weighted by Crippen LogP contribution is -2.24. The predicted octanol–water partition coefficient (Wildman–Crippen LogP) is 2.66. The van der Waals surface area contributed by atoms with E-state index in [1.54, 1.807) is 0 Å². The lowest BCUT2D eigenvalue weighted by Gasteiger charge is -2.22. The molecule has 0 radical (unpaired) electrons. The summed E-state index contributed by atoms with van der Waals surface area (Å²) in [6.07, 6.45) is 0.820. The summed E-state index contributed by atoms with van der Waals surface area (Å²) >= 11 is 3.45. The van der Waals surface area contributed by atoms with Crippen molar-refractivity contribution < 1.29 is 5.11 Å². The number of hydrogen-bond donors (Lipinski definition) is 1. The lowest BCUT2D eigenvalue weighted by molar-refractivity contribution is 0.289. The van der Waals surface area contributed by atoms with E-state index in [1.165, 1.54) is 5.69 Å². The van der Waals surface area contributed by atoms with Crippen LogP contribution in [0.1, 0.15) is 13.3 Å². The molecule has 2 nitrogen and oxygen atoms in total. The van der Waals surface area contributed by atoms with Gasteiger partial charge in [-0.05, 0) is 31.5 Å². The second-order valence-corrected chi connectivity index (χ2v) is 4.05. The summed E-state index contributed by atoms with van der Waals surface area (Å²) in [6, 6.07) is 8.23. The molecule has 1 aromatic rings. The van der Waals surface area contributed by atoms with Crippen molar-refractivity contribution in [3.8, 4) is 0 Å². The van der Waals surface area contributed by atoms with Crippen LogP contribution in [-0.2, 0) is 0 Å². The van der Waals surface area contributed by atoms with Gasteiger partial charge < -0.3 is 10.0 Å². The first-order valence-corrected chi connectivity index (χ1v) is 5.68.